The lowest BCUT2D eigenvalue weighted by atomic mass is 9.68. The first-order chi connectivity index (χ1) is 12.2. The van der Waals surface area contributed by atoms with Crippen LogP contribution in [0.2, 0.25) is 0 Å². The van der Waals surface area contributed by atoms with Gasteiger partial charge in [0.05, 0.1) is 0 Å². The molecular weight excluding hydrogens is 308 g/mol. The zero-order chi connectivity index (χ0) is 17.9. The van der Waals surface area contributed by atoms with Gasteiger partial charge in [-0.3, -0.25) is 4.79 Å². The molecule has 2 heteroatoms. The van der Waals surface area contributed by atoms with Crippen LogP contribution in [0.3, 0.4) is 0 Å². The van der Waals surface area contributed by atoms with E-state index >= 15 is 0 Å². The molecule has 0 saturated heterocycles. The molecule has 0 unspecified atom stereocenters. The molecule has 0 amide bonds. The zero-order valence-electron chi connectivity index (χ0n) is 16.7. The van der Waals surface area contributed by atoms with Crippen molar-refractivity contribution in [2.75, 3.05) is 0 Å². The van der Waals surface area contributed by atoms with E-state index in [9.17, 15) is 4.79 Å². The van der Waals surface area contributed by atoms with Crippen LogP contribution < -0.4 is 0 Å². The van der Waals surface area contributed by atoms with Gasteiger partial charge in [-0.15, -0.1) is 0 Å². The Hall–Kier alpha value is -0.530. The predicted molar refractivity (Wildman–Crippen MR) is 106 cm³/mol. The highest BCUT2D eigenvalue weighted by Gasteiger charge is 2.30. The van der Waals surface area contributed by atoms with Crippen molar-refractivity contribution in [2.45, 2.75) is 116 Å². The minimum absolute atomic E-state index is 0.363. The second-order valence-corrected chi connectivity index (χ2v) is 9.05. The highest BCUT2D eigenvalue weighted by molar-refractivity contribution is 5.66. The van der Waals surface area contributed by atoms with Crippen LogP contribution in [0.5, 0.6) is 0 Å². The molecule has 2 saturated carbocycles. The third-order valence-corrected chi connectivity index (χ3v) is 7.17. The summed E-state index contributed by atoms with van der Waals surface area (Å²) in [6.07, 6.45) is 22.6. The lowest BCUT2D eigenvalue weighted by molar-refractivity contribution is -0.137. The summed E-state index contributed by atoms with van der Waals surface area (Å²) >= 11 is 0. The van der Waals surface area contributed by atoms with Crippen LogP contribution in [0.15, 0.2) is 0 Å². The van der Waals surface area contributed by atoms with Gasteiger partial charge in [0.15, 0.2) is 0 Å². The first-order valence-corrected chi connectivity index (χ1v) is 11.4. The summed E-state index contributed by atoms with van der Waals surface area (Å²) in [6, 6.07) is 0. The van der Waals surface area contributed by atoms with Gasteiger partial charge in [-0.25, -0.2) is 0 Å². The second kappa shape index (κ2) is 12.0. The summed E-state index contributed by atoms with van der Waals surface area (Å²) in [5.74, 6) is 3.22. The van der Waals surface area contributed by atoms with E-state index in [1.807, 2.05) is 0 Å². The largest absolute Gasteiger partial charge is 0.481 e. The first-order valence-electron chi connectivity index (χ1n) is 11.4. The van der Waals surface area contributed by atoms with E-state index in [4.69, 9.17) is 5.11 Å². The summed E-state index contributed by atoms with van der Waals surface area (Å²) < 4.78 is 0. The molecule has 146 valence electrons. The Labute approximate surface area is 156 Å². The number of carbonyl (C=O) groups is 1. The maximum absolute atomic E-state index is 10.6. The number of unbranched alkanes of at least 4 members (excludes halogenated alkanes) is 4. The molecule has 0 atom stereocenters. The van der Waals surface area contributed by atoms with Crippen LogP contribution >= 0.6 is 0 Å². The van der Waals surface area contributed by atoms with Crippen molar-refractivity contribution in [3.05, 3.63) is 0 Å². The van der Waals surface area contributed by atoms with Crippen molar-refractivity contribution in [1.82, 2.24) is 0 Å². The molecule has 0 aliphatic heterocycles. The van der Waals surface area contributed by atoms with Crippen LogP contribution in [0.25, 0.3) is 0 Å². The highest BCUT2D eigenvalue weighted by Crippen LogP contribution is 2.43. The molecule has 2 aliphatic carbocycles. The van der Waals surface area contributed by atoms with E-state index in [0.717, 1.165) is 36.5 Å². The smallest absolute Gasteiger partial charge is 0.303 e. The predicted octanol–water partition coefficient (Wildman–Crippen LogP) is 7.21. The third-order valence-electron chi connectivity index (χ3n) is 7.17. The molecule has 0 aromatic rings. The van der Waals surface area contributed by atoms with Gasteiger partial charge in [0, 0.05) is 6.42 Å². The average Bonchev–Trinajstić information content (AvgIpc) is 2.62. The number of carboxylic acids is 1. The Bertz CT molecular complexity index is 349. The highest BCUT2D eigenvalue weighted by atomic mass is 16.4. The van der Waals surface area contributed by atoms with Gasteiger partial charge in [0.2, 0.25) is 0 Å². The van der Waals surface area contributed by atoms with Crippen LogP contribution in [0.4, 0.5) is 0 Å². The van der Waals surface area contributed by atoms with Gasteiger partial charge in [-0.1, -0.05) is 71.1 Å². The van der Waals surface area contributed by atoms with E-state index in [0.29, 0.717) is 6.42 Å². The summed E-state index contributed by atoms with van der Waals surface area (Å²) in [6.45, 7) is 2.30. The fourth-order valence-electron chi connectivity index (χ4n) is 5.48. The molecule has 2 aliphatic rings. The Morgan fingerprint density at radius 2 is 1.20 bits per heavy atom. The molecule has 0 aromatic carbocycles. The maximum atomic E-state index is 10.6. The Kier molecular flexibility index (Phi) is 9.94. The minimum Gasteiger partial charge on any atom is -0.481 e. The van der Waals surface area contributed by atoms with Crippen molar-refractivity contribution in [3.63, 3.8) is 0 Å². The summed E-state index contributed by atoms with van der Waals surface area (Å²) in [5, 5.41) is 8.77. The molecule has 0 bridgehead atoms. The molecule has 1 N–H and O–H groups in total. The number of aliphatic carboxylic acids is 1. The Morgan fingerprint density at radius 3 is 1.68 bits per heavy atom. The molecular formula is C23H42O2. The molecule has 0 heterocycles. The molecule has 0 radical (unpaired) electrons. The quantitative estimate of drug-likeness (QED) is 0.399. The fourth-order valence-corrected chi connectivity index (χ4v) is 5.48. The van der Waals surface area contributed by atoms with E-state index in [1.165, 1.54) is 89.9 Å². The lowest BCUT2D eigenvalue weighted by Crippen LogP contribution is -2.26. The number of hydrogen-bond acceptors (Lipinski definition) is 1. The van der Waals surface area contributed by atoms with Crippen LogP contribution in [-0.4, -0.2) is 11.1 Å². The van der Waals surface area contributed by atoms with Crippen molar-refractivity contribution in [1.29, 1.82) is 0 Å². The molecule has 0 spiro atoms. The normalized spacial score (nSPS) is 30.3. The average molecular weight is 351 g/mol. The fraction of sp³-hybridized carbons (Fsp3) is 0.957. The van der Waals surface area contributed by atoms with Crippen LogP contribution in [0.1, 0.15) is 116 Å². The van der Waals surface area contributed by atoms with Gasteiger partial charge >= 0.3 is 5.97 Å². The first kappa shape index (κ1) is 20.8. The van der Waals surface area contributed by atoms with Crippen LogP contribution in [-0.2, 0) is 4.79 Å². The topological polar surface area (TPSA) is 37.3 Å². The number of rotatable bonds is 11. The SMILES string of the molecule is CCCCCCCC1CCC(C2CCC(CCCC(=O)O)CC2)CC1. The van der Waals surface area contributed by atoms with Crippen molar-refractivity contribution >= 4 is 5.97 Å². The van der Waals surface area contributed by atoms with Gasteiger partial charge in [-0.2, -0.15) is 0 Å². The Morgan fingerprint density at radius 1 is 0.720 bits per heavy atom. The van der Waals surface area contributed by atoms with E-state index in [-0.39, 0.29) is 0 Å². The maximum Gasteiger partial charge on any atom is 0.303 e. The van der Waals surface area contributed by atoms with Gasteiger partial charge in [0.1, 0.15) is 0 Å². The Balaban J connectivity index is 1.54. The minimum atomic E-state index is -0.629. The summed E-state index contributed by atoms with van der Waals surface area (Å²) in [5.41, 5.74) is 0. The monoisotopic (exact) mass is 350 g/mol. The van der Waals surface area contributed by atoms with E-state index in [2.05, 4.69) is 6.92 Å². The molecule has 0 aromatic heterocycles. The van der Waals surface area contributed by atoms with E-state index < -0.39 is 5.97 Å². The molecule has 2 rings (SSSR count). The summed E-state index contributed by atoms with van der Waals surface area (Å²) in [7, 11) is 0. The number of hydrogen-bond donors (Lipinski definition) is 1. The van der Waals surface area contributed by atoms with Crippen molar-refractivity contribution < 1.29 is 9.90 Å². The lowest BCUT2D eigenvalue weighted by Gasteiger charge is -2.38. The standard InChI is InChI=1S/C23H42O2/c1-2-3-4-5-6-8-19-11-15-21(16-12-19)22-17-13-20(14-18-22)9-7-10-23(24)25/h19-22H,2-18H2,1H3,(H,24,25). The van der Waals surface area contributed by atoms with Crippen molar-refractivity contribution in [3.8, 4) is 0 Å². The zero-order valence-corrected chi connectivity index (χ0v) is 16.7. The van der Waals surface area contributed by atoms with Gasteiger partial charge < -0.3 is 5.11 Å². The van der Waals surface area contributed by atoms with Gasteiger partial charge in [0.25, 0.3) is 0 Å². The molecule has 2 nitrogen and oxygen atoms in total. The van der Waals surface area contributed by atoms with E-state index in [1.54, 1.807) is 0 Å². The second-order valence-electron chi connectivity index (χ2n) is 9.05. The third kappa shape index (κ3) is 8.13. The molecule has 25 heavy (non-hydrogen) atoms. The number of carboxylic acid groups (broad SMARTS) is 1. The summed E-state index contributed by atoms with van der Waals surface area (Å²) in [4.78, 5) is 10.6. The van der Waals surface area contributed by atoms with Crippen LogP contribution in [0, 0.1) is 23.7 Å². The van der Waals surface area contributed by atoms with Gasteiger partial charge in [-0.05, 0) is 62.2 Å². The molecule has 2 fully saturated rings. The van der Waals surface area contributed by atoms with Crippen molar-refractivity contribution in [2.24, 2.45) is 23.7 Å².